The van der Waals surface area contributed by atoms with Gasteiger partial charge < -0.3 is 15.5 Å². The number of anilines is 3. The summed E-state index contributed by atoms with van der Waals surface area (Å²) in [5.74, 6) is 1.65. The van der Waals surface area contributed by atoms with Crippen LogP contribution < -0.4 is 15.5 Å². The normalized spacial score (nSPS) is 28.3. The van der Waals surface area contributed by atoms with E-state index in [4.69, 9.17) is 15.7 Å². The first-order valence-corrected chi connectivity index (χ1v) is 10.6. The Balaban J connectivity index is 1.47. The molecule has 3 aliphatic heterocycles. The number of hydrogen-bond acceptors (Lipinski definition) is 7. The molecule has 0 aromatic carbocycles. The number of alkyl halides is 3. The largest absolute Gasteiger partial charge is 0.384 e. The van der Waals surface area contributed by atoms with E-state index in [9.17, 15) is 13.2 Å². The van der Waals surface area contributed by atoms with Gasteiger partial charge in [0.2, 0.25) is 5.95 Å². The van der Waals surface area contributed by atoms with Crippen molar-refractivity contribution in [3.8, 4) is 11.3 Å². The number of nitrogens with zero attached hydrogens (tertiary/aromatic N) is 6. The summed E-state index contributed by atoms with van der Waals surface area (Å²) in [6, 6.07) is 5.70. The van der Waals surface area contributed by atoms with Gasteiger partial charge >= 0.3 is 0 Å². The van der Waals surface area contributed by atoms with Crippen LogP contribution in [0, 0.1) is 0 Å². The van der Waals surface area contributed by atoms with E-state index in [1.54, 1.807) is 19.2 Å². The van der Waals surface area contributed by atoms with E-state index in [0.29, 0.717) is 43.5 Å². The number of nitrogen functional groups attached to an aromatic ring is 1. The van der Waals surface area contributed by atoms with E-state index in [1.807, 2.05) is 21.9 Å². The summed E-state index contributed by atoms with van der Waals surface area (Å²) in [7, 11) is 0. The second-order valence-corrected chi connectivity index (χ2v) is 9.01. The van der Waals surface area contributed by atoms with Gasteiger partial charge in [0.05, 0.1) is 18.8 Å². The van der Waals surface area contributed by atoms with Crippen molar-refractivity contribution >= 4 is 17.6 Å². The second kappa shape index (κ2) is 7.51. The molecule has 2 N–H and O–H groups in total. The van der Waals surface area contributed by atoms with Crippen LogP contribution in [0.2, 0.25) is 0 Å². The highest BCUT2D eigenvalue weighted by atomic mass is 19.3. The first-order chi connectivity index (χ1) is 14.8. The number of fused-ring (bicyclic) bond motifs is 2. The summed E-state index contributed by atoms with van der Waals surface area (Å²) in [6.07, 6.45) is 0.607. The molecule has 2 bridgehead atoms. The maximum atomic E-state index is 14.5. The summed E-state index contributed by atoms with van der Waals surface area (Å²) in [4.78, 5) is 19.6. The average Bonchev–Trinajstić information content (AvgIpc) is 3.41. The Morgan fingerprint density at radius 2 is 2.06 bits per heavy atom. The zero-order valence-electron chi connectivity index (χ0n) is 17.4. The molecule has 10 heteroatoms. The van der Waals surface area contributed by atoms with Gasteiger partial charge in [-0.05, 0) is 25.5 Å². The van der Waals surface area contributed by atoms with Crippen LogP contribution in [0.1, 0.15) is 19.8 Å². The maximum absolute atomic E-state index is 14.5. The van der Waals surface area contributed by atoms with Crippen molar-refractivity contribution in [1.29, 1.82) is 0 Å². The zero-order chi connectivity index (χ0) is 21.8. The molecule has 3 atom stereocenters. The van der Waals surface area contributed by atoms with E-state index in [2.05, 4.69) is 9.88 Å². The van der Waals surface area contributed by atoms with Crippen molar-refractivity contribution in [3.63, 3.8) is 0 Å². The lowest BCUT2D eigenvalue weighted by atomic mass is 10.1. The molecule has 3 aliphatic rings. The van der Waals surface area contributed by atoms with Crippen LogP contribution in [0.15, 0.2) is 24.4 Å². The van der Waals surface area contributed by atoms with Gasteiger partial charge in [-0.15, -0.1) is 0 Å². The van der Waals surface area contributed by atoms with Crippen molar-refractivity contribution in [1.82, 2.24) is 19.9 Å². The standard InChI is InChI=1S/C21H26F3N7/c1-21(24)4-5-29(12-21)20-27-16(13-2-3-18(25)26-8-13)7-19(28-20)31-10-14-6-15(31)9-30(14)11-17(22)23/h2-3,7-8,14-15,17H,4-6,9-12H2,1H3,(H2,25,26)/t14-,15-,21-/m0/s1. The van der Waals surface area contributed by atoms with Gasteiger partial charge in [0.25, 0.3) is 6.43 Å². The number of piperazine rings is 1. The molecule has 7 nitrogen and oxygen atoms in total. The molecule has 0 spiro atoms. The van der Waals surface area contributed by atoms with Gasteiger partial charge in [0.1, 0.15) is 17.3 Å². The predicted octanol–water partition coefficient (Wildman–Crippen LogP) is 2.59. The molecule has 0 aliphatic carbocycles. The number of halogens is 3. The molecular weight excluding hydrogens is 407 g/mol. The fraction of sp³-hybridized carbons (Fsp3) is 0.571. The van der Waals surface area contributed by atoms with E-state index in [0.717, 1.165) is 17.8 Å². The number of aromatic nitrogens is 3. The lowest BCUT2D eigenvalue weighted by Gasteiger charge is -2.35. The molecule has 0 saturated carbocycles. The number of hydrogen-bond donors (Lipinski definition) is 1. The van der Waals surface area contributed by atoms with Gasteiger partial charge in [-0.25, -0.2) is 23.1 Å². The molecule has 2 aromatic heterocycles. The first-order valence-electron chi connectivity index (χ1n) is 10.6. The third-order valence-corrected chi connectivity index (χ3v) is 6.51. The lowest BCUT2D eigenvalue weighted by molar-refractivity contribution is 0.0790. The topological polar surface area (TPSA) is 74.4 Å². The maximum Gasteiger partial charge on any atom is 0.251 e. The quantitative estimate of drug-likeness (QED) is 0.777. The van der Waals surface area contributed by atoms with Crippen molar-refractivity contribution < 1.29 is 13.2 Å². The molecule has 0 amide bonds. The predicted molar refractivity (Wildman–Crippen MR) is 113 cm³/mol. The zero-order valence-corrected chi connectivity index (χ0v) is 17.4. The van der Waals surface area contributed by atoms with Gasteiger partial charge in [-0.2, -0.15) is 4.98 Å². The first kappa shape index (κ1) is 20.3. The van der Waals surface area contributed by atoms with Crippen molar-refractivity contribution in [2.45, 2.75) is 43.9 Å². The van der Waals surface area contributed by atoms with E-state index in [1.165, 1.54) is 0 Å². The Morgan fingerprint density at radius 3 is 2.68 bits per heavy atom. The Hall–Kier alpha value is -2.62. The van der Waals surface area contributed by atoms with Gasteiger partial charge in [-0.3, -0.25) is 4.90 Å². The monoisotopic (exact) mass is 433 g/mol. The highest BCUT2D eigenvalue weighted by Crippen LogP contribution is 2.37. The summed E-state index contributed by atoms with van der Waals surface area (Å²) >= 11 is 0. The Morgan fingerprint density at radius 1 is 1.23 bits per heavy atom. The highest BCUT2D eigenvalue weighted by molar-refractivity contribution is 5.66. The molecular formula is C21H26F3N7. The minimum atomic E-state index is -2.33. The summed E-state index contributed by atoms with van der Waals surface area (Å²) < 4.78 is 40.2. The molecule has 31 heavy (non-hydrogen) atoms. The highest BCUT2D eigenvalue weighted by Gasteiger charge is 2.45. The minimum Gasteiger partial charge on any atom is -0.384 e. The summed E-state index contributed by atoms with van der Waals surface area (Å²) in [5.41, 5.74) is 5.93. The third-order valence-electron chi connectivity index (χ3n) is 6.51. The Bertz CT molecular complexity index is 952. The van der Waals surface area contributed by atoms with Crippen LogP contribution in [-0.2, 0) is 0 Å². The van der Waals surface area contributed by atoms with Gasteiger partial charge in [0.15, 0.2) is 0 Å². The molecule has 166 valence electrons. The Labute approximate surface area is 179 Å². The molecule has 3 fully saturated rings. The molecule has 5 rings (SSSR count). The number of nitrogens with two attached hydrogens (primary N) is 1. The van der Waals surface area contributed by atoms with Crippen LogP contribution >= 0.6 is 0 Å². The molecule has 3 saturated heterocycles. The minimum absolute atomic E-state index is 0.0972. The second-order valence-electron chi connectivity index (χ2n) is 9.01. The van der Waals surface area contributed by atoms with Crippen molar-refractivity contribution in [3.05, 3.63) is 24.4 Å². The number of pyridine rings is 1. The lowest BCUT2D eigenvalue weighted by Crippen LogP contribution is -2.48. The van der Waals surface area contributed by atoms with Crippen molar-refractivity contribution in [2.24, 2.45) is 0 Å². The molecule has 0 radical (unpaired) electrons. The van der Waals surface area contributed by atoms with E-state index in [-0.39, 0.29) is 25.2 Å². The number of likely N-dealkylation sites (tertiary alicyclic amines) is 1. The van der Waals surface area contributed by atoms with E-state index < -0.39 is 12.1 Å². The van der Waals surface area contributed by atoms with Crippen molar-refractivity contribution in [2.75, 3.05) is 48.3 Å². The smallest absolute Gasteiger partial charge is 0.251 e. The molecule has 2 aromatic rings. The fourth-order valence-electron chi connectivity index (χ4n) is 4.94. The van der Waals surface area contributed by atoms with Gasteiger partial charge in [0, 0.05) is 56.0 Å². The third kappa shape index (κ3) is 4.00. The Kier molecular flexibility index (Phi) is 4.91. The number of rotatable bonds is 5. The molecule has 5 heterocycles. The van der Waals surface area contributed by atoms with Crippen LogP contribution in [0.4, 0.5) is 30.8 Å². The van der Waals surface area contributed by atoms with Crippen LogP contribution in [0.25, 0.3) is 11.3 Å². The van der Waals surface area contributed by atoms with Gasteiger partial charge in [-0.1, -0.05) is 0 Å². The van der Waals surface area contributed by atoms with Crippen LogP contribution in [-0.4, -0.2) is 76.8 Å². The van der Waals surface area contributed by atoms with E-state index >= 15 is 0 Å². The fourth-order valence-corrected chi connectivity index (χ4v) is 4.94. The molecule has 0 unspecified atom stereocenters. The summed E-state index contributed by atoms with van der Waals surface area (Å²) in [6.45, 7) is 3.44. The SMILES string of the molecule is C[C@]1(F)CCN(c2nc(-c3ccc(N)nc3)cc(N3C[C@@H]4C[C@H]3CN4CC(F)F)n2)C1. The van der Waals surface area contributed by atoms with Crippen LogP contribution in [0.3, 0.4) is 0 Å². The summed E-state index contributed by atoms with van der Waals surface area (Å²) in [5, 5.41) is 0. The average molecular weight is 433 g/mol. The van der Waals surface area contributed by atoms with Crippen LogP contribution in [0.5, 0.6) is 0 Å².